The van der Waals surface area contributed by atoms with Crippen molar-refractivity contribution in [2.45, 2.75) is 26.7 Å². The van der Waals surface area contributed by atoms with Gasteiger partial charge in [-0.1, -0.05) is 13.8 Å². The van der Waals surface area contributed by atoms with Crippen LogP contribution in [-0.4, -0.2) is 110 Å². The standard InChI is InChI=1S/C19H35N5O2.3ClH/c1-3-21-7-11-23(12-8-21)17(25)15-19(5-6-20-16-19)18(26)24-13-9-22(4-2)10-14-24;;;/h20H,3-16H2,1-2H3;3*1H. The van der Waals surface area contributed by atoms with Crippen molar-refractivity contribution < 1.29 is 9.59 Å². The number of halogens is 3. The lowest BCUT2D eigenvalue weighted by molar-refractivity contribution is -0.149. The van der Waals surface area contributed by atoms with Gasteiger partial charge in [0.25, 0.3) is 0 Å². The molecular weight excluding hydrogens is 437 g/mol. The summed E-state index contributed by atoms with van der Waals surface area (Å²) in [5.41, 5.74) is -0.534. The Morgan fingerprint density at radius 1 is 0.793 bits per heavy atom. The van der Waals surface area contributed by atoms with Crippen molar-refractivity contribution in [1.82, 2.24) is 24.9 Å². The second-order valence-corrected chi connectivity index (χ2v) is 7.93. The summed E-state index contributed by atoms with van der Waals surface area (Å²) < 4.78 is 0. The molecule has 10 heteroatoms. The Kier molecular flexibility index (Phi) is 13.0. The number of piperazine rings is 2. The molecule has 0 aromatic carbocycles. The van der Waals surface area contributed by atoms with Gasteiger partial charge in [0.15, 0.2) is 0 Å². The third kappa shape index (κ3) is 6.84. The van der Waals surface area contributed by atoms with Crippen molar-refractivity contribution in [3.05, 3.63) is 0 Å². The zero-order valence-corrected chi connectivity index (χ0v) is 20.2. The fourth-order valence-corrected chi connectivity index (χ4v) is 4.47. The van der Waals surface area contributed by atoms with Crippen LogP contribution in [0, 0.1) is 5.41 Å². The van der Waals surface area contributed by atoms with Crippen LogP contribution in [0.4, 0.5) is 0 Å². The summed E-state index contributed by atoms with van der Waals surface area (Å²) >= 11 is 0. The number of hydrogen-bond donors (Lipinski definition) is 1. The van der Waals surface area contributed by atoms with E-state index in [-0.39, 0.29) is 49.0 Å². The van der Waals surface area contributed by atoms with E-state index in [0.717, 1.165) is 78.4 Å². The van der Waals surface area contributed by atoms with Gasteiger partial charge in [-0.3, -0.25) is 9.59 Å². The minimum absolute atomic E-state index is 0. The first-order valence-corrected chi connectivity index (χ1v) is 10.3. The Hall–Kier alpha value is -0.310. The van der Waals surface area contributed by atoms with E-state index in [9.17, 15) is 9.59 Å². The summed E-state index contributed by atoms with van der Waals surface area (Å²) in [6.07, 6.45) is 1.14. The van der Waals surface area contributed by atoms with Gasteiger partial charge in [-0.2, -0.15) is 0 Å². The van der Waals surface area contributed by atoms with Crippen molar-refractivity contribution >= 4 is 49.0 Å². The van der Waals surface area contributed by atoms with E-state index in [4.69, 9.17) is 0 Å². The van der Waals surface area contributed by atoms with Gasteiger partial charge < -0.3 is 24.9 Å². The summed E-state index contributed by atoms with van der Waals surface area (Å²) in [5, 5.41) is 3.34. The highest BCUT2D eigenvalue weighted by molar-refractivity contribution is 5.90. The van der Waals surface area contributed by atoms with Crippen LogP contribution in [0.5, 0.6) is 0 Å². The smallest absolute Gasteiger partial charge is 0.230 e. The fourth-order valence-electron chi connectivity index (χ4n) is 4.47. The SMILES string of the molecule is CCN1CCN(C(=O)CC2(C(=O)N3CCN(CC)CC3)CCNC2)CC1.Cl.Cl.Cl. The van der Waals surface area contributed by atoms with Gasteiger partial charge in [0, 0.05) is 65.3 Å². The number of likely N-dealkylation sites (N-methyl/N-ethyl adjacent to an activating group) is 2. The van der Waals surface area contributed by atoms with Crippen LogP contribution in [0.3, 0.4) is 0 Å². The van der Waals surface area contributed by atoms with E-state index in [2.05, 4.69) is 29.0 Å². The molecule has 0 aromatic heterocycles. The van der Waals surface area contributed by atoms with Crippen LogP contribution in [0.2, 0.25) is 0 Å². The molecule has 2 amide bonds. The first kappa shape index (κ1) is 28.7. The highest BCUT2D eigenvalue weighted by Gasteiger charge is 2.46. The molecule has 0 aromatic rings. The van der Waals surface area contributed by atoms with Crippen molar-refractivity contribution in [2.75, 3.05) is 78.5 Å². The molecule has 1 unspecified atom stereocenters. The molecule has 7 nitrogen and oxygen atoms in total. The third-order valence-electron chi connectivity index (χ3n) is 6.47. The number of amides is 2. The van der Waals surface area contributed by atoms with E-state index in [1.54, 1.807) is 0 Å². The molecule has 29 heavy (non-hydrogen) atoms. The number of nitrogens with one attached hydrogen (secondary N) is 1. The van der Waals surface area contributed by atoms with Crippen LogP contribution in [-0.2, 0) is 9.59 Å². The molecule has 1 atom stereocenters. The van der Waals surface area contributed by atoms with Crippen LogP contribution >= 0.6 is 37.2 Å². The second-order valence-electron chi connectivity index (χ2n) is 7.93. The molecule has 0 aliphatic carbocycles. The van der Waals surface area contributed by atoms with Gasteiger partial charge in [-0.05, 0) is 26.1 Å². The van der Waals surface area contributed by atoms with Gasteiger partial charge in [-0.25, -0.2) is 0 Å². The average Bonchev–Trinajstić information content (AvgIpc) is 3.17. The maximum atomic E-state index is 13.3. The maximum absolute atomic E-state index is 13.3. The second kappa shape index (κ2) is 13.2. The first-order chi connectivity index (χ1) is 12.6. The highest BCUT2D eigenvalue weighted by atomic mass is 35.5. The molecule has 0 bridgehead atoms. The average molecular weight is 475 g/mol. The summed E-state index contributed by atoms with van der Waals surface area (Å²) in [6.45, 7) is 14.8. The predicted molar refractivity (Wildman–Crippen MR) is 124 cm³/mol. The maximum Gasteiger partial charge on any atom is 0.230 e. The predicted octanol–water partition coefficient (Wildman–Crippen LogP) is 0.950. The molecule has 1 N–H and O–H groups in total. The Bertz CT molecular complexity index is 504. The largest absolute Gasteiger partial charge is 0.340 e. The summed E-state index contributed by atoms with van der Waals surface area (Å²) in [6, 6.07) is 0. The summed E-state index contributed by atoms with van der Waals surface area (Å²) in [5.74, 6) is 0.351. The van der Waals surface area contributed by atoms with Crippen molar-refractivity contribution in [3.63, 3.8) is 0 Å². The molecule has 3 saturated heterocycles. The summed E-state index contributed by atoms with van der Waals surface area (Å²) in [7, 11) is 0. The molecule has 3 fully saturated rings. The molecule has 0 radical (unpaired) electrons. The number of carbonyl (C=O) groups is 2. The molecule has 0 spiro atoms. The fraction of sp³-hybridized carbons (Fsp3) is 0.895. The minimum atomic E-state index is -0.534. The zero-order valence-electron chi connectivity index (χ0n) is 17.7. The topological polar surface area (TPSA) is 59.1 Å². The van der Waals surface area contributed by atoms with Gasteiger partial charge in [0.2, 0.25) is 11.8 Å². The molecule has 3 rings (SSSR count). The monoisotopic (exact) mass is 473 g/mol. The van der Waals surface area contributed by atoms with Gasteiger partial charge >= 0.3 is 0 Å². The zero-order chi connectivity index (χ0) is 18.6. The molecule has 172 valence electrons. The van der Waals surface area contributed by atoms with Crippen molar-refractivity contribution in [3.8, 4) is 0 Å². The summed E-state index contributed by atoms with van der Waals surface area (Å²) in [4.78, 5) is 35.0. The lowest BCUT2D eigenvalue weighted by atomic mass is 9.81. The van der Waals surface area contributed by atoms with E-state index < -0.39 is 5.41 Å². The van der Waals surface area contributed by atoms with Crippen molar-refractivity contribution in [1.29, 1.82) is 0 Å². The lowest BCUT2D eigenvalue weighted by Gasteiger charge is -2.40. The quantitative estimate of drug-likeness (QED) is 0.643. The van der Waals surface area contributed by atoms with E-state index in [1.807, 2.05) is 9.80 Å². The van der Waals surface area contributed by atoms with Crippen molar-refractivity contribution in [2.24, 2.45) is 5.41 Å². The Morgan fingerprint density at radius 3 is 1.69 bits per heavy atom. The Morgan fingerprint density at radius 2 is 1.28 bits per heavy atom. The van der Waals surface area contributed by atoms with Gasteiger partial charge in [-0.15, -0.1) is 37.2 Å². The first-order valence-electron chi connectivity index (χ1n) is 10.3. The Balaban J connectivity index is 0.00000261. The minimum Gasteiger partial charge on any atom is -0.340 e. The highest BCUT2D eigenvalue weighted by Crippen LogP contribution is 2.33. The van der Waals surface area contributed by atoms with Crippen LogP contribution in [0.15, 0.2) is 0 Å². The number of hydrogen-bond acceptors (Lipinski definition) is 5. The normalized spacial score (nSPS) is 25.6. The third-order valence-corrected chi connectivity index (χ3v) is 6.47. The van der Waals surface area contributed by atoms with E-state index in [0.29, 0.717) is 13.0 Å². The number of rotatable bonds is 5. The van der Waals surface area contributed by atoms with Gasteiger partial charge in [0.05, 0.1) is 5.41 Å². The van der Waals surface area contributed by atoms with Crippen LogP contribution < -0.4 is 5.32 Å². The molecule has 3 aliphatic heterocycles. The number of nitrogens with zero attached hydrogens (tertiary/aromatic N) is 4. The number of carbonyl (C=O) groups excluding carboxylic acids is 2. The van der Waals surface area contributed by atoms with E-state index >= 15 is 0 Å². The van der Waals surface area contributed by atoms with Crippen LogP contribution in [0.25, 0.3) is 0 Å². The van der Waals surface area contributed by atoms with Gasteiger partial charge in [0.1, 0.15) is 0 Å². The molecule has 0 saturated carbocycles. The molecular formula is C19H38Cl3N5O2. The molecule has 3 heterocycles. The van der Waals surface area contributed by atoms with E-state index in [1.165, 1.54) is 0 Å². The molecule has 3 aliphatic rings. The lowest BCUT2D eigenvalue weighted by Crippen LogP contribution is -2.55. The Labute approximate surface area is 194 Å². The van der Waals surface area contributed by atoms with Crippen LogP contribution in [0.1, 0.15) is 26.7 Å².